The second kappa shape index (κ2) is 5.09. The van der Waals surface area contributed by atoms with Crippen LogP contribution < -0.4 is 0 Å². The van der Waals surface area contributed by atoms with Crippen LogP contribution in [0.5, 0.6) is 0 Å². The largest absolute Gasteiger partial charge is 0.381 e. The maximum Gasteiger partial charge on any atom is 0.338 e. The molecule has 2 aliphatic heterocycles. The van der Waals surface area contributed by atoms with E-state index in [1.807, 2.05) is 0 Å². The van der Waals surface area contributed by atoms with Gasteiger partial charge in [0.05, 0.1) is 17.5 Å². The zero-order valence-electron chi connectivity index (χ0n) is 10.2. The molecular formula is C12H10BrNO4S2. The molecule has 8 heteroatoms. The third kappa shape index (κ3) is 2.59. The standard InChI is InChI=1S/C12H10BrNO4S2/c13-8-1-3-10(4-2-8)20(16,17)18-9-6-14-11(15)5-12(14)19-7-9/h1-4,6,12H,5,7H2/t12-/m0/s1. The van der Waals surface area contributed by atoms with Gasteiger partial charge in [0.25, 0.3) is 0 Å². The summed E-state index contributed by atoms with van der Waals surface area (Å²) in [6.07, 6.45) is 2.00. The minimum Gasteiger partial charge on any atom is -0.381 e. The molecule has 0 aromatic heterocycles. The monoisotopic (exact) mass is 375 g/mol. The average molecular weight is 376 g/mol. The smallest absolute Gasteiger partial charge is 0.338 e. The molecule has 0 radical (unpaired) electrons. The van der Waals surface area contributed by atoms with E-state index >= 15 is 0 Å². The Balaban J connectivity index is 1.80. The summed E-state index contributed by atoms with van der Waals surface area (Å²) >= 11 is 4.75. The van der Waals surface area contributed by atoms with Gasteiger partial charge in [0.1, 0.15) is 10.7 Å². The molecule has 0 spiro atoms. The molecule has 106 valence electrons. The molecule has 1 atom stereocenters. The number of amides is 1. The first kappa shape index (κ1) is 14.0. The van der Waals surface area contributed by atoms with Gasteiger partial charge < -0.3 is 9.08 Å². The molecule has 0 aliphatic carbocycles. The van der Waals surface area contributed by atoms with Gasteiger partial charge in [-0.2, -0.15) is 8.42 Å². The maximum atomic E-state index is 12.1. The highest BCUT2D eigenvalue weighted by atomic mass is 79.9. The van der Waals surface area contributed by atoms with Crippen LogP contribution in [-0.4, -0.2) is 30.4 Å². The lowest BCUT2D eigenvalue weighted by atomic mass is 10.2. The van der Waals surface area contributed by atoms with E-state index in [2.05, 4.69) is 15.9 Å². The van der Waals surface area contributed by atoms with Gasteiger partial charge in [0.2, 0.25) is 5.91 Å². The van der Waals surface area contributed by atoms with Crippen LogP contribution in [0.4, 0.5) is 0 Å². The van der Waals surface area contributed by atoms with Crippen molar-refractivity contribution in [2.24, 2.45) is 0 Å². The van der Waals surface area contributed by atoms with Gasteiger partial charge in [0, 0.05) is 10.7 Å². The second-order valence-corrected chi connectivity index (χ2v) is 7.99. The Bertz CT molecular complexity index is 684. The van der Waals surface area contributed by atoms with Gasteiger partial charge in [-0.3, -0.25) is 4.79 Å². The second-order valence-electron chi connectivity index (χ2n) is 4.36. The predicted molar refractivity (Wildman–Crippen MR) is 78.2 cm³/mol. The fourth-order valence-electron chi connectivity index (χ4n) is 1.90. The fraction of sp³-hybridized carbons (Fsp3) is 0.250. The summed E-state index contributed by atoms with van der Waals surface area (Å²) in [6, 6.07) is 6.20. The molecule has 0 saturated carbocycles. The number of fused-ring (bicyclic) bond motifs is 1. The zero-order chi connectivity index (χ0) is 14.3. The minimum atomic E-state index is -3.85. The van der Waals surface area contributed by atoms with E-state index in [1.54, 1.807) is 12.1 Å². The van der Waals surface area contributed by atoms with Crippen LogP contribution in [0.15, 0.2) is 45.6 Å². The third-order valence-electron chi connectivity index (χ3n) is 2.97. The lowest BCUT2D eigenvalue weighted by Crippen LogP contribution is -2.49. The number of hydrogen-bond acceptors (Lipinski definition) is 5. The molecule has 0 N–H and O–H groups in total. The molecule has 1 saturated heterocycles. The van der Waals surface area contributed by atoms with Crippen molar-refractivity contribution in [2.75, 3.05) is 5.75 Å². The number of halogens is 1. The van der Waals surface area contributed by atoms with Crippen LogP contribution in [0, 0.1) is 0 Å². The lowest BCUT2D eigenvalue weighted by molar-refractivity contribution is -0.137. The van der Waals surface area contributed by atoms with Crippen LogP contribution >= 0.6 is 27.7 Å². The van der Waals surface area contributed by atoms with Crippen molar-refractivity contribution in [3.63, 3.8) is 0 Å². The van der Waals surface area contributed by atoms with Crippen LogP contribution in [0.1, 0.15) is 6.42 Å². The van der Waals surface area contributed by atoms with Gasteiger partial charge in [-0.15, -0.1) is 11.8 Å². The fourth-order valence-corrected chi connectivity index (χ4v) is 4.28. The minimum absolute atomic E-state index is 0.00987. The first-order valence-corrected chi connectivity index (χ1v) is 9.04. The van der Waals surface area contributed by atoms with Crippen molar-refractivity contribution in [1.82, 2.24) is 4.90 Å². The number of carbonyl (C=O) groups excluding carboxylic acids is 1. The summed E-state index contributed by atoms with van der Waals surface area (Å²) in [4.78, 5) is 12.9. The summed E-state index contributed by atoms with van der Waals surface area (Å²) < 4.78 is 30.1. The van der Waals surface area contributed by atoms with Gasteiger partial charge in [-0.05, 0) is 24.3 Å². The maximum absolute atomic E-state index is 12.1. The van der Waals surface area contributed by atoms with E-state index in [0.717, 1.165) is 4.47 Å². The highest BCUT2D eigenvalue weighted by molar-refractivity contribution is 9.10. The van der Waals surface area contributed by atoms with Crippen molar-refractivity contribution in [2.45, 2.75) is 16.7 Å². The van der Waals surface area contributed by atoms with E-state index in [1.165, 1.54) is 35.0 Å². The van der Waals surface area contributed by atoms with Gasteiger partial charge in [-0.1, -0.05) is 15.9 Å². The van der Waals surface area contributed by atoms with E-state index in [4.69, 9.17) is 4.18 Å². The highest BCUT2D eigenvalue weighted by Gasteiger charge is 2.39. The summed E-state index contributed by atoms with van der Waals surface area (Å²) in [7, 11) is -3.85. The van der Waals surface area contributed by atoms with E-state index in [0.29, 0.717) is 12.2 Å². The normalized spacial score (nSPS) is 21.9. The molecule has 2 heterocycles. The van der Waals surface area contributed by atoms with Gasteiger partial charge in [-0.25, -0.2) is 0 Å². The van der Waals surface area contributed by atoms with Crippen LogP contribution in [0.25, 0.3) is 0 Å². The molecule has 5 nitrogen and oxygen atoms in total. The van der Waals surface area contributed by atoms with Gasteiger partial charge >= 0.3 is 10.1 Å². The first-order chi connectivity index (χ1) is 9.45. The van der Waals surface area contributed by atoms with Crippen molar-refractivity contribution < 1.29 is 17.4 Å². The Morgan fingerprint density at radius 2 is 2.00 bits per heavy atom. The number of hydrogen-bond donors (Lipinski definition) is 0. The highest BCUT2D eigenvalue weighted by Crippen LogP contribution is 2.36. The molecule has 1 aromatic carbocycles. The summed E-state index contributed by atoms with van der Waals surface area (Å²) in [5, 5.41) is 0.130. The van der Waals surface area contributed by atoms with Crippen molar-refractivity contribution in [3.05, 3.63) is 40.7 Å². The molecule has 3 rings (SSSR count). The van der Waals surface area contributed by atoms with Crippen LogP contribution in [0.2, 0.25) is 0 Å². The van der Waals surface area contributed by atoms with Crippen molar-refractivity contribution in [1.29, 1.82) is 0 Å². The number of rotatable bonds is 3. The zero-order valence-corrected chi connectivity index (χ0v) is 13.4. The molecule has 0 unspecified atom stereocenters. The Morgan fingerprint density at radius 1 is 1.30 bits per heavy atom. The van der Waals surface area contributed by atoms with Gasteiger partial charge in [0.15, 0.2) is 0 Å². The molecule has 1 amide bonds. The SMILES string of the molecule is O=C1C[C@@H]2SCC(OS(=O)(=O)c3ccc(Br)cc3)=CN12. The number of thioether (sulfide) groups is 1. The number of nitrogens with zero attached hydrogens (tertiary/aromatic N) is 1. The van der Waals surface area contributed by atoms with Crippen molar-refractivity contribution in [3.8, 4) is 0 Å². The summed E-state index contributed by atoms with van der Waals surface area (Å²) in [5.74, 6) is 0.719. The van der Waals surface area contributed by atoms with E-state index in [-0.39, 0.29) is 21.9 Å². The first-order valence-electron chi connectivity index (χ1n) is 5.79. The number of β-lactam (4-membered cyclic amide) rings is 1. The molecule has 0 bridgehead atoms. The summed E-state index contributed by atoms with van der Waals surface area (Å²) in [6.45, 7) is 0. The molecular weight excluding hydrogens is 366 g/mol. The molecule has 1 fully saturated rings. The lowest BCUT2D eigenvalue weighted by Gasteiger charge is -2.40. The Hall–Kier alpha value is -0.990. The third-order valence-corrected chi connectivity index (χ3v) is 6.01. The van der Waals surface area contributed by atoms with E-state index in [9.17, 15) is 13.2 Å². The van der Waals surface area contributed by atoms with E-state index < -0.39 is 10.1 Å². The van der Waals surface area contributed by atoms with Crippen LogP contribution in [-0.2, 0) is 19.1 Å². The average Bonchev–Trinajstić information content (AvgIpc) is 2.40. The quantitative estimate of drug-likeness (QED) is 0.599. The Labute approximate surface area is 129 Å². The number of carbonyl (C=O) groups is 1. The van der Waals surface area contributed by atoms with Crippen molar-refractivity contribution >= 4 is 43.7 Å². The Kier molecular flexibility index (Phi) is 3.55. The van der Waals surface area contributed by atoms with Crippen LogP contribution in [0.3, 0.4) is 0 Å². The number of benzene rings is 1. The predicted octanol–water partition coefficient (Wildman–Crippen LogP) is 2.30. The Morgan fingerprint density at radius 3 is 2.65 bits per heavy atom. The molecule has 20 heavy (non-hydrogen) atoms. The summed E-state index contributed by atoms with van der Waals surface area (Å²) in [5.41, 5.74) is 0. The molecule has 2 aliphatic rings. The molecule has 1 aromatic rings. The topological polar surface area (TPSA) is 63.7 Å².